The number of carbonyl (C=O) groups is 3. The number of hydrogen-bond acceptors (Lipinski definition) is 5. The van der Waals surface area contributed by atoms with Crippen LogP contribution in [-0.4, -0.2) is 82.9 Å². The molecular formula is C31H38N4O4. The molecule has 39 heavy (non-hydrogen) atoms. The maximum absolute atomic E-state index is 13.6. The molecule has 3 aliphatic heterocycles. The Balaban J connectivity index is 1.10. The van der Waals surface area contributed by atoms with Crippen molar-refractivity contribution >= 4 is 23.4 Å². The van der Waals surface area contributed by atoms with Gasteiger partial charge in [-0.3, -0.25) is 19.3 Å². The van der Waals surface area contributed by atoms with Crippen molar-refractivity contribution in [2.75, 3.05) is 44.6 Å². The normalized spacial score (nSPS) is 21.3. The molecule has 3 amide bonds. The van der Waals surface area contributed by atoms with Crippen LogP contribution in [0.1, 0.15) is 59.7 Å². The number of carbonyl (C=O) groups excluding carboxylic acids is 3. The molecule has 1 aliphatic carbocycles. The van der Waals surface area contributed by atoms with Crippen molar-refractivity contribution in [1.82, 2.24) is 14.7 Å². The molecule has 2 fully saturated rings. The Morgan fingerprint density at radius 1 is 1.05 bits per heavy atom. The van der Waals surface area contributed by atoms with Crippen LogP contribution in [0.15, 0.2) is 42.5 Å². The molecule has 1 atom stereocenters. The van der Waals surface area contributed by atoms with Crippen LogP contribution in [-0.2, 0) is 28.0 Å². The summed E-state index contributed by atoms with van der Waals surface area (Å²) in [7, 11) is 0. The summed E-state index contributed by atoms with van der Waals surface area (Å²) in [6, 6.07) is 14.2. The Bertz CT molecular complexity index is 1280. The molecule has 206 valence electrons. The molecule has 1 unspecified atom stereocenters. The van der Waals surface area contributed by atoms with Gasteiger partial charge in [0.05, 0.1) is 6.10 Å². The van der Waals surface area contributed by atoms with Crippen molar-refractivity contribution in [3.63, 3.8) is 0 Å². The first-order chi connectivity index (χ1) is 18.8. The van der Waals surface area contributed by atoms with E-state index in [1.165, 1.54) is 11.1 Å². The molecule has 1 saturated heterocycles. The van der Waals surface area contributed by atoms with Crippen LogP contribution in [0.2, 0.25) is 0 Å². The zero-order valence-electron chi connectivity index (χ0n) is 22.7. The van der Waals surface area contributed by atoms with Gasteiger partial charge in [0.2, 0.25) is 11.8 Å². The number of fused-ring (bicyclic) bond motifs is 3. The average Bonchev–Trinajstić information content (AvgIpc) is 3.71. The summed E-state index contributed by atoms with van der Waals surface area (Å²) in [6.45, 7) is 5.97. The van der Waals surface area contributed by atoms with Crippen LogP contribution >= 0.6 is 0 Å². The molecule has 0 aromatic heterocycles. The summed E-state index contributed by atoms with van der Waals surface area (Å²) in [6.07, 6.45) is 3.71. The van der Waals surface area contributed by atoms with Crippen LogP contribution in [0.25, 0.3) is 0 Å². The van der Waals surface area contributed by atoms with Crippen LogP contribution in [0, 0.1) is 5.92 Å². The largest absolute Gasteiger partial charge is 0.390 e. The molecule has 4 aliphatic rings. The minimum absolute atomic E-state index is 0.0327. The van der Waals surface area contributed by atoms with Crippen molar-refractivity contribution in [3.8, 4) is 0 Å². The second-order valence-corrected chi connectivity index (χ2v) is 11.9. The first kappa shape index (κ1) is 26.0. The first-order valence-electron chi connectivity index (χ1n) is 14.3. The van der Waals surface area contributed by atoms with Crippen LogP contribution in [0.5, 0.6) is 0 Å². The summed E-state index contributed by atoms with van der Waals surface area (Å²) in [4.78, 5) is 44.1. The van der Waals surface area contributed by atoms with Gasteiger partial charge >= 0.3 is 0 Å². The highest BCUT2D eigenvalue weighted by atomic mass is 16.3. The maximum Gasteiger partial charge on any atom is 0.254 e. The minimum Gasteiger partial charge on any atom is -0.390 e. The zero-order chi connectivity index (χ0) is 27.1. The van der Waals surface area contributed by atoms with Gasteiger partial charge in [-0.1, -0.05) is 30.3 Å². The molecule has 1 spiro atoms. The number of aliphatic hydroxyl groups excluding tert-OH is 1. The van der Waals surface area contributed by atoms with Gasteiger partial charge in [-0.25, -0.2) is 0 Å². The van der Waals surface area contributed by atoms with E-state index in [-0.39, 0.29) is 29.1 Å². The fourth-order valence-electron chi connectivity index (χ4n) is 6.70. The van der Waals surface area contributed by atoms with E-state index in [0.717, 1.165) is 37.9 Å². The molecule has 8 nitrogen and oxygen atoms in total. The predicted octanol–water partition coefficient (Wildman–Crippen LogP) is 2.79. The molecule has 0 bridgehead atoms. The summed E-state index contributed by atoms with van der Waals surface area (Å²) in [5, 5.41) is 14.0. The predicted molar refractivity (Wildman–Crippen MR) is 148 cm³/mol. The highest BCUT2D eigenvalue weighted by molar-refractivity contribution is 6.00. The number of amides is 3. The molecule has 3 heterocycles. The van der Waals surface area contributed by atoms with Gasteiger partial charge in [-0.2, -0.15) is 0 Å². The number of β-amino-alcohol motifs (C(OH)–C–C–N with tert-alkyl or cyclic N) is 1. The zero-order valence-corrected chi connectivity index (χ0v) is 22.7. The molecule has 0 radical (unpaired) electrons. The highest BCUT2D eigenvalue weighted by Gasteiger charge is 2.51. The molecule has 2 aromatic rings. The number of piperidine rings is 1. The molecule has 2 N–H and O–H groups in total. The van der Waals surface area contributed by atoms with Crippen molar-refractivity contribution in [2.24, 2.45) is 5.92 Å². The van der Waals surface area contributed by atoms with E-state index in [1.54, 1.807) is 11.8 Å². The maximum atomic E-state index is 13.6. The lowest BCUT2D eigenvalue weighted by Crippen LogP contribution is -2.49. The molecule has 6 rings (SSSR count). The average molecular weight is 531 g/mol. The smallest absolute Gasteiger partial charge is 0.254 e. The number of benzene rings is 2. The van der Waals surface area contributed by atoms with E-state index in [4.69, 9.17) is 0 Å². The minimum atomic E-state index is -0.625. The van der Waals surface area contributed by atoms with E-state index in [1.807, 2.05) is 23.1 Å². The number of nitrogens with one attached hydrogen (secondary N) is 1. The van der Waals surface area contributed by atoms with Crippen molar-refractivity contribution in [3.05, 3.63) is 64.7 Å². The Morgan fingerprint density at radius 3 is 2.51 bits per heavy atom. The quantitative estimate of drug-likeness (QED) is 0.599. The van der Waals surface area contributed by atoms with Gasteiger partial charge in [0.15, 0.2) is 0 Å². The van der Waals surface area contributed by atoms with Gasteiger partial charge < -0.3 is 20.2 Å². The van der Waals surface area contributed by atoms with Gasteiger partial charge in [-0.05, 0) is 60.9 Å². The number of nitrogens with zero attached hydrogens (tertiary/aromatic N) is 3. The summed E-state index contributed by atoms with van der Waals surface area (Å²) < 4.78 is 0. The van der Waals surface area contributed by atoms with E-state index in [9.17, 15) is 19.5 Å². The molecule has 2 aromatic carbocycles. The standard InChI is InChI=1S/C31H38N4O4/c1-21(36)34-14-9-23(10-15-34)29(38)32-25-6-7-28-27(16-25)30(39)35(20-31(28)11-12-31)19-26(37)18-33-13-8-22-4-2-3-5-24(22)17-33/h2-7,16,23,26,37H,8-15,17-20H2,1H3,(H,32,38). The van der Waals surface area contributed by atoms with E-state index < -0.39 is 6.10 Å². The number of aliphatic hydroxyl groups is 1. The monoisotopic (exact) mass is 530 g/mol. The number of anilines is 1. The Morgan fingerprint density at radius 2 is 1.79 bits per heavy atom. The van der Waals surface area contributed by atoms with Crippen molar-refractivity contribution in [2.45, 2.75) is 57.1 Å². The van der Waals surface area contributed by atoms with Gasteiger partial charge in [-0.15, -0.1) is 0 Å². The van der Waals surface area contributed by atoms with Crippen molar-refractivity contribution < 1.29 is 19.5 Å². The van der Waals surface area contributed by atoms with Crippen LogP contribution in [0.4, 0.5) is 5.69 Å². The van der Waals surface area contributed by atoms with Crippen molar-refractivity contribution in [1.29, 1.82) is 0 Å². The third-order valence-corrected chi connectivity index (χ3v) is 9.14. The Hall–Kier alpha value is -3.23. The van der Waals surface area contributed by atoms with Crippen LogP contribution < -0.4 is 5.32 Å². The SMILES string of the molecule is CC(=O)N1CCC(C(=O)Nc2ccc3c(c2)C(=O)N(CC(O)CN2CCc4ccccc4C2)CC32CC2)CC1. The third-order valence-electron chi connectivity index (χ3n) is 9.14. The lowest BCUT2D eigenvalue weighted by Gasteiger charge is -2.37. The lowest BCUT2D eigenvalue weighted by molar-refractivity contribution is -0.132. The summed E-state index contributed by atoms with van der Waals surface area (Å²) >= 11 is 0. The van der Waals surface area contributed by atoms with E-state index >= 15 is 0 Å². The fraction of sp³-hybridized carbons (Fsp3) is 0.516. The Labute approximate surface area is 230 Å². The highest BCUT2D eigenvalue weighted by Crippen LogP contribution is 2.52. The third kappa shape index (κ3) is 5.32. The molecule has 1 saturated carbocycles. The molecule has 8 heteroatoms. The topological polar surface area (TPSA) is 93.2 Å². The fourth-order valence-corrected chi connectivity index (χ4v) is 6.70. The van der Waals surface area contributed by atoms with Gasteiger partial charge in [0, 0.05) is 75.3 Å². The second kappa shape index (κ2) is 10.4. The number of hydrogen-bond donors (Lipinski definition) is 2. The van der Waals surface area contributed by atoms with Crippen LogP contribution in [0.3, 0.4) is 0 Å². The first-order valence-corrected chi connectivity index (χ1v) is 14.3. The van der Waals surface area contributed by atoms with Gasteiger partial charge in [0.1, 0.15) is 0 Å². The molecular weight excluding hydrogens is 492 g/mol. The number of rotatable bonds is 6. The second-order valence-electron chi connectivity index (χ2n) is 11.9. The van der Waals surface area contributed by atoms with E-state index in [2.05, 4.69) is 34.5 Å². The lowest BCUT2D eigenvalue weighted by atomic mass is 9.86. The summed E-state index contributed by atoms with van der Waals surface area (Å²) in [5.41, 5.74) is 5.00. The van der Waals surface area contributed by atoms with E-state index in [0.29, 0.717) is 56.8 Å². The summed E-state index contributed by atoms with van der Waals surface area (Å²) in [5.74, 6) is -0.225. The number of likely N-dealkylation sites (tertiary alicyclic amines) is 1. The Kier molecular flexibility index (Phi) is 6.93. The van der Waals surface area contributed by atoms with Gasteiger partial charge in [0.25, 0.3) is 5.91 Å².